The van der Waals surface area contributed by atoms with Crippen molar-refractivity contribution in [2.24, 2.45) is 0 Å². The second-order valence-electron chi connectivity index (χ2n) is 6.37. The van der Waals surface area contributed by atoms with Crippen LogP contribution in [0.4, 0.5) is 0 Å². The zero-order chi connectivity index (χ0) is 17.9. The van der Waals surface area contributed by atoms with Gasteiger partial charge in [-0.05, 0) is 55.0 Å². The van der Waals surface area contributed by atoms with E-state index in [9.17, 15) is 13.5 Å². The Labute approximate surface area is 145 Å². The van der Waals surface area contributed by atoms with Crippen molar-refractivity contribution < 1.29 is 13.5 Å². The first-order chi connectivity index (χ1) is 11.8. The number of hydrogen-bond acceptors (Lipinski definition) is 3. The molecular formula is C20H17NO3S. The minimum atomic E-state index is -3.74. The molecule has 0 unspecified atom stereocenters. The lowest BCUT2D eigenvalue weighted by molar-refractivity contribution is 0.481. The van der Waals surface area contributed by atoms with Gasteiger partial charge in [0.25, 0.3) is 10.0 Å². The van der Waals surface area contributed by atoms with Crippen molar-refractivity contribution in [2.75, 3.05) is 0 Å². The lowest BCUT2D eigenvalue weighted by atomic mass is 10.0. The van der Waals surface area contributed by atoms with Gasteiger partial charge in [-0.2, -0.15) is 0 Å². The van der Waals surface area contributed by atoms with Crippen LogP contribution in [0, 0.1) is 13.8 Å². The summed E-state index contributed by atoms with van der Waals surface area (Å²) in [5.74, 6) is 0.105. The molecule has 0 aliphatic heterocycles. The first-order valence-electron chi connectivity index (χ1n) is 7.88. The third-order valence-corrected chi connectivity index (χ3v) is 6.27. The fraction of sp³-hybridized carbons (Fsp3) is 0.100. The van der Waals surface area contributed by atoms with Gasteiger partial charge in [-0.3, -0.25) is 0 Å². The Balaban J connectivity index is 2.15. The molecule has 0 bridgehead atoms. The van der Waals surface area contributed by atoms with Crippen molar-refractivity contribution in [1.82, 2.24) is 3.97 Å². The molecule has 0 saturated heterocycles. The third kappa shape index (κ3) is 2.16. The number of benzene rings is 3. The van der Waals surface area contributed by atoms with Crippen LogP contribution >= 0.6 is 0 Å². The highest BCUT2D eigenvalue weighted by Gasteiger charge is 2.23. The summed E-state index contributed by atoms with van der Waals surface area (Å²) in [5, 5.41) is 13.0. The zero-order valence-electron chi connectivity index (χ0n) is 13.9. The Bertz CT molecular complexity index is 1280. The average Bonchev–Trinajstić information content (AvgIpc) is 2.95. The van der Waals surface area contributed by atoms with Crippen LogP contribution < -0.4 is 5.22 Å². The van der Waals surface area contributed by atoms with E-state index in [0.29, 0.717) is 16.1 Å². The summed E-state index contributed by atoms with van der Waals surface area (Å²) >= 11 is 0. The van der Waals surface area contributed by atoms with Gasteiger partial charge in [-0.25, -0.2) is 12.4 Å². The van der Waals surface area contributed by atoms with E-state index in [4.69, 9.17) is 0 Å². The van der Waals surface area contributed by atoms with Crippen molar-refractivity contribution in [3.8, 4) is 5.75 Å². The fourth-order valence-electron chi connectivity index (χ4n) is 3.38. The number of nitrogens with zero attached hydrogens (tertiary/aromatic N) is 1. The highest BCUT2D eigenvalue weighted by molar-refractivity contribution is 7.90. The number of hydrogen-bond donors (Lipinski definition) is 1. The highest BCUT2D eigenvalue weighted by atomic mass is 32.2. The van der Waals surface area contributed by atoms with Crippen LogP contribution in [0.3, 0.4) is 0 Å². The van der Waals surface area contributed by atoms with Crippen molar-refractivity contribution in [3.05, 3.63) is 65.0 Å². The Kier molecular flexibility index (Phi) is 3.21. The van der Waals surface area contributed by atoms with Gasteiger partial charge in [0.05, 0.1) is 10.4 Å². The highest BCUT2D eigenvalue weighted by Crippen LogP contribution is 2.35. The maximum atomic E-state index is 13.2. The van der Waals surface area contributed by atoms with E-state index in [1.165, 1.54) is 3.97 Å². The van der Waals surface area contributed by atoms with Crippen LogP contribution in [-0.2, 0) is 10.0 Å². The average molecular weight is 351 g/mol. The lowest BCUT2D eigenvalue weighted by Crippen LogP contribution is -2.13. The number of phenolic OH excluding ortho intramolecular Hbond substituents is 1. The van der Waals surface area contributed by atoms with E-state index in [2.05, 4.69) is 6.58 Å². The maximum absolute atomic E-state index is 13.2. The van der Waals surface area contributed by atoms with E-state index in [-0.39, 0.29) is 10.6 Å². The fourth-order valence-corrected chi connectivity index (χ4v) is 4.82. The normalized spacial score (nSPS) is 12.2. The van der Waals surface area contributed by atoms with Crippen molar-refractivity contribution >= 4 is 38.3 Å². The van der Waals surface area contributed by atoms with Gasteiger partial charge in [0.15, 0.2) is 0 Å². The molecule has 4 nitrogen and oxygen atoms in total. The van der Waals surface area contributed by atoms with Crippen molar-refractivity contribution in [1.29, 1.82) is 0 Å². The molecule has 0 saturated carbocycles. The summed E-state index contributed by atoms with van der Waals surface area (Å²) in [5.41, 5.74) is 2.38. The van der Waals surface area contributed by atoms with E-state index < -0.39 is 10.0 Å². The maximum Gasteiger partial charge on any atom is 0.268 e. The molecule has 0 aliphatic carbocycles. The van der Waals surface area contributed by atoms with E-state index >= 15 is 0 Å². The van der Waals surface area contributed by atoms with Crippen LogP contribution in [0.25, 0.3) is 28.3 Å². The molecule has 1 aromatic heterocycles. The van der Waals surface area contributed by atoms with Gasteiger partial charge in [-0.1, -0.05) is 24.3 Å². The Morgan fingerprint density at radius 3 is 2.36 bits per heavy atom. The summed E-state index contributed by atoms with van der Waals surface area (Å²) < 4.78 is 27.7. The topological polar surface area (TPSA) is 59.3 Å². The van der Waals surface area contributed by atoms with Gasteiger partial charge >= 0.3 is 0 Å². The number of aromatic nitrogens is 1. The summed E-state index contributed by atoms with van der Waals surface area (Å²) in [6.45, 7) is 7.76. The minimum absolute atomic E-state index is 0.105. The Morgan fingerprint density at radius 2 is 1.68 bits per heavy atom. The largest absolute Gasteiger partial charge is 0.507 e. The molecule has 3 aromatic carbocycles. The van der Waals surface area contributed by atoms with Gasteiger partial charge < -0.3 is 5.11 Å². The number of phenols is 1. The van der Waals surface area contributed by atoms with Gasteiger partial charge in [-0.15, -0.1) is 0 Å². The molecule has 0 spiro atoms. The molecule has 0 amide bonds. The number of rotatable bonds is 2. The van der Waals surface area contributed by atoms with Crippen LogP contribution in [0.15, 0.2) is 53.6 Å². The van der Waals surface area contributed by atoms with Crippen molar-refractivity contribution in [2.45, 2.75) is 18.7 Å². The van der Waals surface area contributed by atoms with Crippen LogP contribution in [-0.4, -0.2) is 17.5 Å². The molecular weight excluding hydrogens is 334 g/mol. The van der Waals surface area contributed by atoms with Crippen LogP contribution in [0.5, 0.6) is 5.75 Å². The zero-order valence-corrected chi connectivity index (χ0v) is 14.8. The molecule has 4 rings (SSSR count). The molecule has 25 heavy (non-hydrogen) atoms. The molecule has 1 N–H and O–H groups in total. The molecule has 126 valence electrons. The van der Waals surface area contributed by atoms with E-state index in [1.54, 1.807) is 48.7 Å². The van der Waals surface area contributed by atoms with Crippen LogP contribution in [0.2, 0.25) is 0 Å². The van der Waals surface area contributed by atoms with Crippen LogP contribution in [0.1, 0.15) is 11.1 Å². The Hall–Kier alpha value is -2.79. The summed E-state index contributed by atoms with van der Waals surface area (Å²) in [7, 11) is -3.74. The second-order valence-corrected chi connectivity index (χ2v) is 8.18. The quantitative estimate of drug-likeness (QED) is 0.601. The van der Waals surface area contributed by atoms with Gasteiger partial charge in [0.2, 0.25) is 0 Å². The molecule has 4 aromatic rings. The molecule has 1 heterocycles. The standard InChI is InChI=1S/C20H17NO3S/c1-12-4-7-16(8-5-12)25(23,24)21-11-15-6-9-17(22)18-13(2)10-14(3)20(21)19(15)18/h4-11,22H,2H2,1,3H3. The summed E-state index contributed by atoms with van der Waals surface area (Å²) in [4.78, 5) is 0.234. The predicted octanol–water partition coefficient (Wildman–Crippen LogP) is 3.48. The summed E-state index contributed by atoms with van der Waals surface area (Å²) in [6.07, 6.45) is 1.61. The van der Waals surface area contributed by atoms with E-state index in [1.807, 2.05) is 13.8 Å². The molecule has 0 aliphatic rings. The lowest BCUT2D eigenvalue weighted by Gasteiger charge is -2.10. The SMILES string of the molecule is C=c1cc(C)c2c3c(ccc(O)c13)cn2S(=O)(=O)c1ccc(C)cc1. The smallest absolute Gasteiger partial charge is 0.268 e. The first kappa shape index (κ1) is 15.7. The second kappa shape index (κ2) is 5.10. The Morgan fingerprint density at radius 1 is 1.00 bits per heavy atom. The van der Waals surface area contributed by atoms with Crippen molar-refractivity contribution in [3.63, 3.8) is 0 Å². The van der Waals surface area contributed by atoms with E-state index in [0.717, 1.165) is 21.9 Å². The minimum Gasteiger partial charge on any atom is -0.507 e. The molecule has 0 fully saturated rings. The molecule has 0 radical (unpaired) electrons. The van der Waals surface area contributed by atoms with Gasteiger partial charge in [0.1, 0.15) is 5.75 Å². The summed E-state index contributed by atoms with van der Waals surface area (Å²) in [6, 6.07) is 11.9. The molecule has 5 heteroatoms. The number of aromatic hydroxyl groups is 1. The predicted molar refractivity (Wildman–Crippen MR) is 100 cm³/mol. The monoisotopic (exact) mass is 351 g/mol. The molecule has 0 atom stereocenters. The third-order valence-electron chi connectivity index (χ3n) is 4.59. The first-order valence-corrected chi connectivity index (χ1v) is 9.32. The number of aryl methyl sites for hydroxylation is 2. The van der Waals surface area contributed by atoms with Gasteiger partial charge in [0, 0.05) is 22.4 Å².